The van der Waals surface area contributed by atoms with Crippen LogP contribution in [0.2, 0.25) is 0 Å². The molecule has 0 spiro atoms. The van der Waals surface area contributed by atoms with Crippen molar-refractivity contribution in [2.45, 2.75) is 40.0 Å². The second kappa shape index (κ2) is 10.8. The molecule has 0 saturated heterocycles. The zero-order chi connectivity index (χ0) is 24.9. The standard InChI is InChI=1S/C27H28N2O5S/c1-4-34-26(31)23-18(2)22-24(30)28(15-16-33-17-20-11-7-5-8-12-20)27(32)29(25(22)35-23)19(3)21-13-9-6-10-14-21/h5-14,19H,4,15-17H2,1-3H3. The van der Waals surface area contributed by atoms with Gasteiger partial charge in [0.1, 0.15) is 9.71 Å². The fourth-order valence-corrected chi connectivity index (χ4v) is 5.36. The summed E-state index contributed by atoms with van der Waals surface area (Å²) in [6, 6.07) is 19.0. The van der Waals surface area contributed by atoms with Crippen LogP contribution >= 0.6 is 11.3 Å². The fourth-order valence-electron chi connectivity index (χ4n) is 4.09. The van der Waals surface area contributed by atoms with Crippen molar-refractivity contribution in [3.05, 3.63) is 103 Å². The molecule has 2 aromatic carbocycles. The lowest BCUT2D eigenvalue weighted by Gasteiger charge is -2.19. The van der Waals surface area contributed by atoms with E-state index in [9.17, 15) is 14.4 Å². The molecule has 4 rings (SSSR count). The van der Waals surface area contributed by atoms with Crippen LogP contribution in [0, 0.1) is 6.92 Å². The van der Waals surface area contributed by atoms with Crippen molar-refractivity contribution in [3.63, 3.8) is 0 Å². The number of benzene rings is 2. The Balaban J connectivity index is 1.79. The Morgan fingerprint density at radius 2 is 1.69 bits per heavy atom. The third kappa shape index (κ3) is 4.99. The maximum atomic E-state index is 13.7. The van der Waals surface area contributed by atoms with Gasteiger partial charge >= 0.3 is 11.7 Å². The number of thiophene rings is 1. The number of carbonyl (C=O) groups excluding carboxylic acids is 1. The number of hydrogen-bond donors (Lipinski definition) is 0. The molecule has 2 aromatic heterocycles. The van der Waals surface area contributed by atoms with Gasteiger partial charge in [0, 0.05) is 0 Å². The van der Waals surface area contributed by atoms with Crippen molar-refractivity contribution in [2.24, 2.45) is 0 Å². The van der Waals surface area contributed by atoms with Gasteiger partial charge < -0.3 is 9.47 Å². The first-order chi connectivity index (χ1) is 16.9. The molecule has 4 aromatic rings. The minimum Gasteiger partial charge on any atom is -0.462 e. The number of rotatable bonds is 9. The number of hydrogen-bond acceptors (Lipinski definition) is 6. The van der Waals surface area contributed by atoms with Gasteiger partial charge in [0.25, 0.3) is 5.56 Å². The zero-order valence-corrected chi connectivity index (χ0v) is 20.8. The van der Waals surface area contributed by atoms with Crippen LogP contribution in [0.25, 0.3) is 10.2 Å². The first-order valence-electron chi connectivity index (χ1n) is 11.6. The third-order valence-corrected chi connectivity index (χ3v) is 7.22. The average Bonchev–Trinajstić information content (AvgIpc) is 3.21. The highest BCUT2D eigenvalue weighted by Crippen LogP contribution is 2.31. The van der Waals surface area contributed by atoms with Gasteiger partial charge in [0.05, 0.1) is 37.8 Å². The summed E-state index contributed by atoms with van der Waals surface area (Å²) in [6.45, 7) is 6.28. The predicted octanol–water partition coefficient (Wildman–Crippen LogP) is 4.54. The average molecular weight is 493 g/mol. The molecule has 0 amide bonds. The maximum Gasteiger partial charge on any atom is 0.348 e. The molecule has 0 N–H and O–H groups in total. The van der Waals surface area contributed by atoms with E-state index in [0.29, 0.717) is 27.3 Å². The van der Waals surface area contributed by atoms with Crippen LogP contribution in [0.4, 0.5) is 0 Å². The minimum atomic E-state index is -0.491. The number of nitrogens with zero attached hydrogens (tertiary/aromatic N) is 2. The summed E-state index contributed by atoms with van der Waals surface area (Å²) < 4.78 is 13.8. The van der Waals surface area contributed by atoms with Crippen LogP contribution in [-0.2, 0) is 22.6 Å². The van der Waals surface area contributed by atoms with Gasteiger partial charge in [-0.3, -0.25) is 13.9 Å². The SMILES string of the molecule is CCOC(=O)c1sc2c(c1C)c(=O)n(CCOCc1ccccc1)c(=O)n2C(C)c1ccccc1. The summed E-state index contributed by atoms with van der Waals surface area (Å²) in [6.07, 6.45) is 0. The first-order valence-corrected chi connectivity index (χ1v) is 12.4. The van der Waals surface area contributed by atoms with E-state index in [0.717, 1.165) is 22.5 Å². The number of fused-ring (bicyclic) bond motifs is 1. The Bertz CT molecular complexity index is 1440. The second-order valence-corrected chi connectivity index (χ2v) is 9.19. The van der Waals surface area contributed by atoms with Crippen LogP contribution in [0.5, 0.6) is 0 Å². The molecular formula is C27H28N2O5S. The number of ether oxygens (including phenoxy) is 2. The van der Waals surface area contributed by atoms with E-state index >= 15 is 0 Å². The minimum absolute atomic E-state index is 0.103. The summed E-state index contributed by atoms with van der Waals surface area (Å²) in [5, 5.41) is 0.364. The molecule has 35 heavy (non-hydrogen) atoms. The first kappa shape index (κ1) is 24.6. The number of esters is 1. The van der Waals surface area contributed by atoms with Gasteiger partial charge in [-0.2, -0.15) is 0 Å². The topological polar surface area (TPSA) is 79.5 Å². The zero-order valence-electron chi connectivity index (χ0n) is 20.0. The van der Waals surface area contributed by atoms with Gasteiger partial charge in [-0.25, -0.2) is 9.59 Å². The number of aromatic nitrogens is 2. The van der Waals surface area contributed by atoms with Crippen molar-refractivity contribution in [1.82, 2.24) is 9.13 Å². The third-order valence-electron chi connectivity index (χ3n) is 5.94. The van der Waals surface area contributed by atoms with Gasteiger partial charge in [-0.15, -0.1) is 11.3 Å². The highest BCUT2D eigenvalue weighted by molar-refractivity contribution is 7.20. The van der Waals surface area contributed by atoms with Crippen molar-refractivity contribution in [1.29, 1.82) is 0 Å². The van der Waals surface area contributed by atoms with Crippen molar-refractivity contribution >= 4 is 27.5 Å². The molecule has 0 radical (unpaired) electrons. The van der Waals surface area contributed by atoms with Gasteiger partial charge in [-0.05, 0) is 37.5 Å². The van der Waals surface area contributed by atoms with Crippen LogP contribution in [0.3, 0.4) is 0 Å². The lowest BCUT2D eigenvalue weighted by Crippen LogP contribution is -2.41. The van der Waals surface area contributed by atoms with E-state index in [1.807, 2.05) is 67.6 Å². The van der Waals surface area contributed by atoms with Crippen molar-refractivity contribution < 1.29 is 14.3 Å². The summed E-state index contributed by atoms with van der Waals surface area (Å²) in [4.78, 5) is 40.5. The van der Waals surface area contributed by atoms with Crippen LogP contribution in [0.1, 0.15) is 46.3 Å². The highest BCUT2D eigenvalue weighted by atomic mass is 32.1. The molecule has 1 atom stereocenters. The molecule has 182 valence electrons. The van der Waals surface area contributed by atoms with E-state index in [2.05, 4.69) is 0 Å². The van der Waals surface area contributed by atoms with E-state index in [-0.39, 0.29) is 25.8 Å². The Labute approximate surface area is 207 Å². The summed E-state index contributed by atoms with van der Waals surface area (Å²) in [5.41, 5.74) is 1.61. The van der Waals surface area contributed by atoms with Gasteiger partial charge in [0.2, 0.25) is 0 Å². The molecule has 0 fully saturated rings. The number of aryl methyl sites for hydroxylation is 1. The molecule has 0 aliphatic heterocycles. The molecule has 0 bridgehead atoms. The highest BCUT2D eigenvalue weighted by Gasteiger charge is 2.26. The Morgan fingerprint density at radius 1 is 1.03 bits per heavy atom. The van der Waals surface area contributed by atoms with E-state index in [1.54, 1.807) is 18.4 Å². The van der Waals surface area contributed by atoms with Crippen molar-refractivity contribution in [3.8, 4) is 0 Å². The largest absolute Gasteiger partial charge is 0.462 e. The normalized spacial score (nSPS) is 12.1. The van der Waals surface area contributed by atoms with Crippen LogP contribution < -0.4 is 11.2 Å². The van der Waals surface area contributed by atoms with E-state index in [4.69, 9.17) is 9.47 Å². The maximum absolute atomic E-state index is 13.7. The predicted molar refractivity (Wildman–Crippen MR) is 137 cm³/mol. The number of carbonyl (C=O) groups is 1. The smallest absolute Gasteiger partial charge is 0.348 e. The summed E-state index contributed by atoms with van der Waals surface area (Å²) in [7, 11) is 0. The fraction of sp³-hybridized carbons (Fsp3) is 0.296. The lowest BCUT2D eigenvalue weighted by molar-refractivity contribution is 0.0531. The Morgan fingerprint density at radius 3 is 2.34 bits per heavy atom. The molecular weight excluding hydrogens is 464 g/mol. The summed E-state index contributed by atoms with van der Waals surface area (Å²) >= 11 is 1.13. The summed E-state index contributed by atoms with van der Waals surface area (Å²) in [5.74, 6) is -0.491. The molecule has 7 nitrogen and oxygen atoms in total. The quantitative estimate of drug-likeness (QED) is 0.253. The monoisotopic (exact) mass is 492 g/mol. The van der Waals surface area contributed by atoms with Crippen molar-refractivity contribution in [2.75, 3.05) is 13.2 Å². The molecule has 2 heterocycles. The second-order valence-electron chi connectivity index (χ2n) is 8.19. The molecule has 8 heteroatoms. The molecule has 1 unspecified atom stereocenters. The van der Waals surface area contributed by atoms with E-state index in [1.165, 1.54) is 4.57 Å². The van der Waals surface area contributed by atoms with Gasteiger partial charge in [-0.1, -0.05) is 60.7 Å². The Hall–Kier alpha value is -3.49. The van der Waals surface area contributed by atoms with E-state index < -0.39 is 17.2 Å². The lowest BCUT2D eigenvalue weighted by atomic mass is 10.1. The van der Waals surface area contributed by atoms with Gasteiger partial charge in [0.15, 0.2) is 0 Å². The van der Waals surface area contributed by atoms with Crippen LogP contribution in [-0.4, -0.2) is 28.3 Å². The molecule has 0 aliphatic rings. The van der Waals surface area contributed by atoms with Crippen LogP contribution in [0.15, 0.2) is 70.3 Å². The molecule has 0 saturated carbocycles. The Kier molecular flexibility index (Phi) is 7.63. The molecule has 0 aliphatic carbocycles.